The van der Waals surface area contributed by atoms with E-state index in [1.54, 1.807) is 0 Å². The van der Waals surface area contributed by atoms with Gasteiger partial charge in [0.1, 0.15) is 0 Å². The lowest BCUT2D eigenvalue weighted by atomic mass is 9.86. The predicted molar refractivity (Wildman–Crippen MR) is 63.6 cm³/mol. The summed E-state index contributed by atoms with van der Waals surface area (Å²) in [5, 5.41) is 0. The fourth-order valence-corrected chi connectivity index (χ4v) is 2.41. The summed E-state index contributed by atoms with van der Waals surface area (Å²) in [6.07, 6.45) is 4.48. The molecule has 1 fully saturated rings. The lowest BCUT2D eigenvalue weighted by molar-refractivity contribution is -0.136. The van der Waals surface area contributed by atoms with E-state index in [0.29, 0.717) is 30.2 Å². The Morgan fingerprint density at radius 2 is 2.13 bits per heavy atom. The first-order valence-corrected chi connectivity index (χ1v) is 5.96. The molecule has 3 atom stereocenters. The molecule has 15 heavy (non-hydrogen) atoms. The Kier molecular flexibility index (Phi) is 4.37. The molecule has 1 heterocycles. The highest BCUT2D eigenvalue weighted by Crippen LogP contribution is 2.27. The molecular weight excluding hydrogens is 186 g/mol. The van der Waals surface area contributed by atoms with Crippen molar-refractivity contribution in [3.8, 4) is 0 Å². The predicted octanol–water partition coefficient (Wildman–Crippen LogP) is 2.85. The first-order valence-electron chi connectivity index (χ1n) is 5.96. The van der Waals surface area contributed by atoms with E-state index < -0.39 is 0 Å². The Morgan fingerprint density at radius 1 is 1.47 bits per heavy atom. The maximum absolute atomic E-state index is 11.9. The van der Waals surface area contributed by atoms with Gasteiger partial charge in [-0.05, 0) is 31.6 Å². The molecule has 1 rings (SSSR count). The number of allylic oxidation sites excluding steroid dienone is 1. The summed E-state index contributed by atoms with van der Waals surface area (Å²) in [5.74, 6) is 1.56. The number of likely N-dealkylation sites (tertiary alicyclic amines) is 1. The molecule has 1 saturated heterocycles. The van der Waals surface area contributed by atoms with Gasteiger partial charge in [-0.3, -0.25) is 4.79 Å². The van der Waals surface area contributed by atoms with E-state index in [9.17, 15) is 4.79 Å². The van der Waals surface area contributed by atoms with Crippen LogP contribution in [0.2, 0.25) is 0 Å². The molecule has 0 aromatic carbocycles. The van der Waals surface area contributed by atoms with E-state index in [1.165, 1.54) is 6.42 Å². The first-order chi connectivity index (χ1) is 7.06. The summed E-state index contributed by atoms with van der Waals surface area (Å²) in [4.78, 5) is 14.0. The van der Waals surface area contributed by atoms with E-state index in [-0.39, 0.29) is 0 Å². The minimum Gasteiger partial charge on any atom is -0.339 e. The quantitative estimate of drug-likeness (QED) is 0.654. The number of piperidine rings is 1. The lowest BCUT2D eigenvalue weighted by Gasteiger charge is -2.41. The third-order valence-electron chi connectivity index (χ3n) is 3.48. The van der Waals surface area contributed by atoms with Gasteiger partial charge in [-0.25, -0.2) is 0 Å². The molecule has 1 aliphatic rings. The zero-order valence-electron chi connectivity index (χ0n) is 10.2. The molecule has 1 amide bonds. The van der Waals surface area contributed by atoms with Crippen LogP contribution in [-0.2, 0) is 4.79 Å². The van der Waals surface area contributed by atoms with Crippen molar-refractivity contribution >= 4 is 5.91 Å². The second-order valence-electron chi connectivity index (χ2n) is 4.93. The molecule has 0 saturated carbocycles. The molecule has 2 heteroatoms. The van der Waals surface area contributed by atoms with Crippen LogP contribution in [0.1, 0.15) is 40.0 Å². The molecule has 0 aliphatic carbocycles. The monoisotopic (exact) mass is 209 g/mol. The minimum atomic E-state index is 0.292. The van der Waals surface area contributed by atoms with E-state index in [4.69, 9.17) is 0 Å². The first kappa shape index (κ1) is 12.3. The van der Waals surface area contributed by atoms with Crippen LogP contribution in [0.25, 0.3) is 0 Å². The van der Waals surface area contributed by atoms with Crippen LogP contribution in [0.3, 0.4) is 0 Å². The lowest BCUT2D eigenvalue weighted by Crippen LogP contribution is -2.48. The minimum absolute atomic E-state index is 0.292. The fourth-order valence-electron chi connectivity index (χ4n) is 2.41. The number of hydrogen-bond donors (Lipinski definition) is 0. The van der Waals surface area contributed by atoms with E-state index in [2.05, 4.69) is 32.3 Å². The molecular formula is C13H23NO. The highest BCUT2D eigenvalue weighted by Gasteiger charge is 2.31. The molecule has 86 valence electrons. The normalized spacial score (nSPS) is 31.4. The van der Waals surface area contributed by atoms with Crippen LogP contribution >= 0.6 is 0 Å². The Balaban J connectivity index is 2.57. The van der Waals surface area contributed by atoms with Gasteiger partial charge in [-0.1, -0.05) is 19.9 Å². The summed E-state index contributed by atoms with van der Waals surface area (Å²) in [5.41, 5.74) is 0. The second-order valence-corrected chi connectivity index (χ2v) is 4.93. The summed E-state index contributed by atoms with van der Waals surface area (Å²) >= 11 is 0. The standard InChI is InChI=1S/C13H23NO/c1-5-6-7-13(15)14-9-10(2)8-11(3)12(14)4/h5,10-12H,1,6-9H2,2-4H3/t10-,11-,12-/m1/s1. The van der Waals surface area contributed by atoms with Crippen molar-refractivity contribution in [2.45, 2.75) is 46.1 Å². The Morgan fingerprint density at radius 3 is 2.73 bits per heavy atom. The fraction of sp³-hybridized carbons (Fsp3) is 0.769. The van der Waals surface area contributed by atoms with Crippen molar-refractivity contribution in [1.82, 2.24) is 4.90 Å². The van der Waals surface area contributed by atoms with Crippen molar-refractivity contribution in [2.75, 3.05) is 6.54 Å². The Labute approximate surface area is 93.3 Å². The third-order valence-corrected chi connectivity index (χ3v) is 3.48. The van der Waals surface area contributed by atoms with Crippen molar-refractivity contribution < 1.29 is 4.79 Å². The number of rotatable bonds is 3. The van der Waals surface area contributed by atoms with Gasteiger partial charge in [0.15, 0.2) is 0 Å². The zero-order chi connectivity index (χ0) is 11.4. The zero-order valence-corrected chi connectivity index (χ0v) is 10.2. The maximum Gasteiger partial charge on any atom is 0.223 e. The van der Waals surface area contributed by atoms with Crippen LogP contribution in [-0.4, -0.2) is 23.4 Å². The summed E-state index contributed by atoms with van der Waals surface area (Å²) in [7, 11) is 0. The summed E-state index contributed by atoms with van der Waals surface area (Å²) in [6, 6.07) is 0.401. The smallest absolute Gasteiger partial charge is 0.223 e. The number of hydrogen-bond acceptors (Lipinski definition) is 1. The average Bonchev–Trinajstić information content (AvgIpc) is 2.19. The van der Waals surface area contributed by atoms with Crippen LogP contribution in [0, 0.1) is 11.8 Å². The number of amides is 1. The number of carbonyl (C=O) groups is 1. The highest BCUT2D eigenvalue weighted by molar-refractivity contribution is 5.76. The topological polar surface area (TPSA) is 20.3 Å². The van der Waals surface area contributed by atoms with Crippen molar-refractivity contribution in [2.24, 2.45) is 11.8 Å². The molecule has 2 nitrogen and oxygen atoms in total. The van der Waals surface area contributed by atoms with Gasteiger partial charge in [-0.2, -0.15) is 0 Å². The molecule has 0 spiro atoms. The van der Waals surface area contributed by atoms with Crippen molar-refractivity contribution in [3.63, 3.8) is 0 Å². The van der Waals surface area contributed by atoms with Crippen LogP contribution in [0.4, 0.5) is 0 Å². The molecule has 1 aliphatic heterocycles. The van der Waals surface area contributed by atoms with Gasteiger partial charge < -0.3 is 4.90 Å². The SMILES string of the molecule is C=CCCC(=O)N1C[C@H](C)C[C@@H](C)[C@H]1C. The van der Waals surface area contributed by atoms with Crippen molar-refractivity contribution in [3.05, 3.63) is 12.7 Å². The molecule has 0 aromatic heterocycles. The van der Waals surface area contributed by atoms with Gasteiger partial charge in [-0.15, -0.1) is 6.58 Å². The van der Waals surface area contributed by atoms with Crippen LogP contribution in [0.5, 0.6) is 0 Å². The third kappa shape index (κ3) is 3.08. The molecule has 0 bridgehead atoms. The molecule has 0 aromatic rings. The number of carbonyl (C=O) groups excluding carboxylic acids is 1. The van der Waals surface area contributed by atoms with E-state index >= 15 is 0 Å². The van der Waals surface area contributed by atoms with E-state index in [0.717, 1.165) is 13.0 Å². The van der Waals surface area contributed by atoms with Gasteiger partial charge in [0.05, 0.1) is 0 Å². The van der Waals surface area contributed by atoms with Gasteiger partial charge in [0.2, 0.25) is 5.91 Å². The average molecular weight is 209 g/mol. The van der Waals surface area contributed by atoms with Crippen LogP contribution < -0.4 is 0 Å². The maximum atomic E-state index is 11.9. The highest BCUT2D eigenvalue weighted by atomic mass is 16.2. The van der Waals surface area contributed by atoms with Gasteiger partial charge in [0.25, 0.3) is 0 Å². The Bertz CT molecular complexity index is 237. The Hall–Kier alpha value is -0.790. The molecule has 0 radical (unpaired) electrons. The van der Waals surface area contributed by atoms with Crippen LogP contribution in [0.15, 0.2) is 12.7 Å². The van der Waals surface area contributed by atoms with Crippen molar-refractivity contribution in [1.29, 1.82) is 0 Å². The molecule has 0 N–H and O–H groups in total. The second kappa shape index (κ2) is 5.34. The summed E-state index contributed by atoms with van der Waals surface area (Å²) in [6.45, 7) is 11.2. The number of nitrogens with zero attached hydrogens (tertiary/aromatic N) is 1. The van der Waals surface area contributed by atoms with E-state index in [1.807, 2.05) is 6.08 Å². The van der Waals surface area contributed by atoms with Gasteiger partial charge in [0, 0.05) is 19.0 Å². The summed E-state index contributed by atoms with van der Waals surface area (Å²) < 4.78 is 0. The molecule has 0 unspecified atom stereocenters. The van der Waals surface area contributed by atoms with Gasteiger partial charge >= 0.3 is 0 Å². The largest absolute Gasteiger partial charge is 0.339 e.